The van der Waals surface area contributed by atoms with Gasteiger partial charge >= 0.3 is 0 Å². The van der Waals surface area contributed by atoms with Crippen LogP contribution in [-0.4, -0.2) is 51.7 Å². The minimum Gasteiger partial charge on any atom is -0.340 e. The summed E-state index contributed by atoms with van der Waals surface area (Å²) in [5.41, 5.74) is 4.81. The zero-order valence-electron chi connectivity index (χ0n) is 14.8. The van der Waals surface area contributed by atoms with Gasteiger partial charge in [-0.3, -0.25) is 14.4 Å². The number of hydrogen-bond donors (Lipinski definition) is 0. The van der Waals surface area contributed by atoms with Gasteiger partial charge in [0, 0.05) is 51.9 Å². The molecule has 3 rings (SSSR count). The highest BCUT2D eigenvalue weighted by Gasteiger charge is 2.21. The first kappa shape index (κ1) is 17.2. The number of hydrogen-bond acceptors (Lipinski definition) is 4. The highest BCUT2D eigenvalue weighted by molar-refractivity contribution is 7.07. The van der Waals surface area contributed by atoms with E-state index in [1.165, 1.54) is 16.8 Å². The van der Waals surface area contributed by atoms with Gasteiger partial charge in [-0.05, 0) is 48.2 Å². The highest BCUT2D eigenvalue weighted by atomic mass is 32.1. The molecule has 0 bridgehead atoms. The number of carbonyl (C=O) groups is 1. The zero-order valence-corrected chi connectivity index (χ0v) is 15.6. The fraction of sp³-hybridized carbons (Fsp3) is 0.556. The van der Waals surface area contributed by atoms with Crippen molar-refractivity contribution < 1.29 is 4.79 Å². The topological polar surface area (TPSA) is 41.4 Å². The predicted molar refractivity (Wildman–Crippen MR) is 97.2 cm³/mol. The molecule has 1 aliphatic rings. The Hall–Kier alpha value is -1.66. The van der Waals surface area contributed by atoms with E-state index in [1.54, 1.807) is 11.3 Å². The molecule has 24 heavy (non-hydrogen) atoms. The van der Waals surface area contributed by atoms with E-state index >= 15 is 0 Å². The van der Waals surface area contributed by atoms with Crippen LogP contribution in [0.4, 0.5) is 0 Å². The van der Waals surface area contributed by atoms with E-state index in [0.29, 0.717) is 6.42 Å². The molecule has 2 aromatic rings. The number of aromatic nitrogens is 2. The van der Waals surface area contributed by atoms with Crippen molar-refractivity contribution in [1.82, 2.24) is 19.6 Å². The standard InChI is InChI=1S/C18H26N4OS/c1-14-17(15(2)20(3)19-14)4-5-18(23)22-9-7-21(8-10-22)12-16-6-11-24-13-16/h6,11,13H,4-5,7-10,12H2,1-3H3. The molecule has 1 aliphatic heterocycles. The van der Waals surface area contributed by atoms with Crippen molar-refractivity contribution >= 4 is 17.2 Å². The molecule has 0 unspecified atom stereocenters. The SMILES string of the molecule is Cc1nn(C)c(C)c1CCC(=O)N1CCN(Cc2ccsc2)CC1. The predicted octanol–water partition coefficient (Wildman–Crippen LogP) is 2.38. The zero-order chi connectivity index (χ0) is 17.1. The van der Waals surface area contributed by atoms with Crippen molar-refractivity contribution in [2.45, 2.75) is 33.2 Å². The summed E-state index contributed by atoms with van der Waals surface area (Å²) >= 11 is 1.74. The molecule has 2 aromatic heterocycles. The summed E-state index contributed by atoms with van der Waals surface area (Å²) < 4.78 is 1.90. The molecule has 130 valence electrons. The number of nitrogens with zero attached hydrogens (tertiary/aromatic N) is 4. The Kier molecular flexibility index (Phi) is 5.36. The van der Waals surface area contributed by atoms with Crippen LogP contribution in [0.3, 0.4) is 0 Å². The van der Waals surface area contributed by atoms with E-state index in [2.05, 4.69) is 33.7 Å². The number of rotatable bonds is 5. The second-order valence-corrected chi connectivity index (χ2v) is 7.34. The van der Waals surface area contributed by atoms with Crippen LogP contribution in [0, 0.1) is 13.8 Å². The molecular formula is C18H26N4OS. The monoisotopic (exact) mass is 346 g/mol. The second kappa shape index (κ2) is 7.49. The Labute approximate surface area is 147 Å². The molecule has 1 fully saturated rings. The summed E-state index contributed by atoms with van der Waals surface area (Å²) in [5, 5.41) is 8.76. The maximum Gasteiger partial charge on any atom is 0.222 e. The van der Waals surface area contributed by atoms with Crippen LogP contribution in [0.5, 0.6) is 0 Å². The molecule has 6 heteroatoms. The van der Waals surface area contributed by atoms with Gasteiger partial charge in [0.2, 0.25) is 5.91 Å². The lowest BCUT2D eigenvalue weighted by molar-refractivity contribution is -0.133. The van der Waals surface area contributed by atoms with Crippen LogP contribution in [0.2, 0.25) is 0 Å². The highest BCUT2D eigenvalue weighted by Crippen LogP contribution is 2.16. The maximum atomic E-state index is 12.5. The smallest absolute Gasteiger partial charge is 0.222 e. The Morgan fingerprint density at radius 3 is 2.58 bits per heavy atom. The van der Waals surface area contributed by atoms with Crippen molar-refractivity contribution in [3.8, 4) is 0 Å². The molecule has 1 saturated heterocycles. The van der Waals surface area contributed by atoms with Crippen LogP contribution in [-0.2, 0) is 24.8 Å². The van der Waals surface area contributed by atoms with Crippen LogP contribution < -0.4 is 0 Å². The number of thiophene rings is 1. The van der Waals surface area contributed by atoms with E-state index < -0.39 is 0 Å². The van der Waals surface area contributed by atoms with Gasteiger partial charge < -0.3 is 4.90 Å². The number of piperazine rings is 1. The fourth-order valence-electron chi connectivity index (χ4n) is 3.37. The largest absolute Gasteiger partial charge is 0.340 e. The van der Waals surface area contributed by atoms with E-state index in [4.69, 9.17) is 0 Å². The summed E-state index contributed by atoms with van der Waals surface area (Å²) in [7, 11) is 1.96. The van der Waals surface area contributed by atoms with Gasteiger partial charge in [0.25, 0.3) is 0 Å². The lowest BCUT2D eigenvalue weighted by atomic mass is 10.1. The number of amides is 1. The first-order valence-corrected chi connectivity index (χ1v) is 9.49. The summed E-state index contributed by atoms with van der Waals surface area (Å²) in [6, 6.07) is 2.18. The van der Waals surface area contributed by atoms with Gasteiger partial charge in [0.05, 0.1) is 5.69 Å². The summed E-state index contributed by atoms with van der Waals surface area (Å²) in [4.78, 5) is 17.0. The molecular weight excluding hydrogens is 320 g/mol. The molecule has 0 aromatic carbocycles. The Morgan fingerprint density at radius 2 is 2.00 bits per heavy atom. The Morgan fingerprint density at radius 1 is 1.25 bits per heavy atom. The molecule has 3 heterocycles. The lowest BCUT2D eigenvalue weighted by Gasteiger charge is -2.34. The van der Waals surface area contributed by atoms with Crippen LogP contribution >= 0.6 is 11.3 Å². The molecule has 0 N–H and O–H groups in total. The molecule has 0 atom stereocenters. The first-order valence-electron chi connectivity index (χ1n) is 8.55. The summed E-state index contributed by atoms with van der Waals surface area (Å²) in [5.74, 6) is 0.271. The summed E-state index contributed by atoms with van der Waals surface area (Å²) in [6.45, 7) is 8.71. The van der Waals surface area contributed by atoms with Crippen molar-refractivity contribution in [3.05, 3.63) is 39.3 Å². The normalized spacial score (nSPS) is 15.9. The van der Waals surface area contributed by atoms with E-state index in [9.17, 15) is 4.79 Å². The van der Waals surface area contributed by atoms with Gasteiger partial charge in [-0.1, -0.05) is 0 Å². The van der Waals surface area contributed by atoms with Gasteiger partial charge in [-0.25, -0.2) is 0 Å². The average Bonchev–Trinajstić information content (AvgIpc) is 3.15. The molecule has 0 aliphatic carbocycles. The van der Waals surface area contributed by atoms with Gasteiger partial charge in [-0.2, -0.15) is 16.4 Å². The van der Waals surface area contributed by atoms with E-state index in [1.807, 2.05) is 23.6 Å². The van der Waals surface area contributed by atoms with Crippen LogP contribution in [0.25, 0.3) is 0 Å². The van der Waals surface area contributed by atoms with Crippen molar-refractivity contribution in [2.24, 2.45) is 7.05 Å². The van der Waals surface area contributed by atoms with E-state index in [-0.39, 0.29) is 5.91 Å². The van der Waals surface area contributed by atoms with Gasteiger partial charge in [-0.15, -0.1) is 0 Å². The molecule has 0 radical (unpaired) electrons. The summed E-state index contributed by atoms with van der Waals surface area (Å²) in [6.07, 6.45) is 1.37. The van der Waals surface area contributed by atoms with Crippen molar-refractivity contribution in [3.63, 3.8) is 0 Å². The third-order valence-electron chi connectivity index (χ3n) is 4.96. The number of carbonyl (C=O) groups excluding carboxylic acids is 1. The van der Waals surface area contributed by atoms with E-state index in [0.717, 1.165) is 44.8 Å². The maximum absolute atomic E-state index is 12.5. The molecule has 0 spiro atoms. The van der Waals surface area contributed by atoms with Crippen molar-refractivity contribution in [1.29, 1.82) is 0 Å². The number of aryl methyl sites for hydroxylation is 2. The Balaban J connectivity index is 1.47. The van der Waals surface area contributed by atoms with Crippen LogP contribution in [0.1, 0.15) is 28.9 Å². The van der Waals surface area contributed by atoms with Gasteiger partial charge in [0.1, 0.15) is 0 Å². The molecule has 0 saturated carbocycles. The first-order chi connectivity index (χ1) is 11.5. The molecule has 1 amide bonds. The average molecular weight is 347 g/mol. The third kappa shape index (κ3) is 3.87. The fourth-order valence-corrected chi connectivity index (χ4v) is 4.03. The van der Waals surface area contributed by atoms with Crippen molar-refractivity contribution in [2.75, 3.05) is 26.2 Å². The van der Waals surface area contributed by atoms with Crippen LogP contribution in [0.15, 0.2) is 16.8 Å². The van der Waals surface area contributed by atoms with Gasteiger partial charge in [0.15, 0.2) is 0 Å². The lowest BCUT2D eigenvalue weighted by Crippen LogP contribution is -2.48. The Bertz CT molecular complexity index is 684. The molecule has 5 nitrogen and oxygen atoms in total. The quantitative estimate of drug-likeness (QED) is 0.835. The third-order valence-corrected chi connectivity index (χ3v) is 5.69. The minimum atomic E-state index is 0.271. The minimum absolute atomic E-state index is 0.271. The second-order valence-electron chi connectivity index (χ2n) is 6.56.